The maximum Gasteiger partial charge on any atom is 0.457 e. The lowest BCUT2D eigenvalue weighted by Gasteiger charge is -2.53. The first-order valence-corrected chi connectivity index (χ1v) is 12.3. The molecule has 5 atom stereocenters. The van der Waals surface area contributed by atoms with E-state index >= 15 is 0 Å². The summed E-state index contributed by atoms with van der Waals surface area (Å²) < 4.78 is 39.0. The van der Waals surface area contributed by atoms with E-state index in [1.807, 2.05) is 19.1 Å². The molecule has 0 aromatic heterocycles. The van der Waals surface area contributed by atoms with Gasteiger partial charge in [-0.1, -0.05) is 42.7 Å². The number of carbonyl (C=O) groups excluding carboxylic acids is 2. The third-order valence-electron chi connectivity index (χ3n) is 9.02. The van der Waals surface area contributed by atoms with Gasteiger partial charge in [0.25, 0.3) is 0 Å². The second kappa shape index (κ2) is 8.20. The second-order valence-electron chi connectivity index (χ2n) is 10.8. The van der Waals surface area contributed by atoms with Crippen LogP contribution in [0, 0.1) is 29.1 Å². The Morgan fingerprint density at radius 2 is 1.83 bits per heavy atom. The molecule has 2 unspecified atom stereocenters. The Bertz CT molecular complexity index is 1210. The molecule has 0 bridgehead atoms. The van der Waals surface area contributed by atoms with Crippen molar-refractivity contribution in [3.63, 3.8) is 0 Å². The highest BCUT2D eigenvalue weighted by molar-refractivity contribution is 5.94. The molecule has 4 aliphatic carbocycles. The number of hydrogen-bond donors (Lipinski definition) is 1. The van der Waals surface area contributed by atoms with E-state index < -0.39 is 17.2 Å². The third kappa shape index (κ3) is 3.98. The van der Waals surface area contributed by atoms with Crippen LogP contribution in [0.5, 0.6) is 0 Å². The Morgan fingerprint density at radius 3 is 2.49 bits per heavy atom. The Balaban J connectivity index is 1.65. The topological polar surface area (TPSA) is 54.4 Å². The molecule has 184 valence electrons. The van der Waals surface area contributed by atoms with Crippen LogP contribution in [-0.2, 0) is 4.79 Å². The number of ketones is 2. The highest BCUT2D eigenvalue weighted by Crippen LogP contribution is 2.66. The summed E-state index contributed by atoms with van der Waals surface area (Å²) in [5.74, 6) is 3.74. The number of alkyl halides is 3. The Hall–Kier alpha value is -2.65. The van der Waals surface area contributed by atoms with Gasteiger partial charge < -0.3 is 5.11 Å². The molecule has 0 saturated heterocycles. The fraction of sp³-hybridized carbons (Fsp3) is 0.517. The zero-order valence-corrected chi connectivity index (χ0v) is 20.0. The van der Waals surface area contributed by atoms with Crippen LogP contribution in [0.4, 0.5) is 13.2 Å². The Kier molecular flexibility index (Phi) is 5.64. The molecule has 0 radical (unpaired) electrons. The van der Waals surface area contributed by atoms with E-state index in [1.165, 1.54) is 24.0 Å². The molecule has 0 aliphatic heterocycles. The van der Waals surface area contributed by atoms with E-state index in [0.29, 0.717) is 31.2 Å². The first-order chi connectivity index (χ1) is 16.4. The largest absolute Gasteiger partial charge is 0.457 e. The van der Waals surface area contributed by atoms with Crippen LogP contribution < -0.4 is 0 Å². The van der Waals surface area contributed by atoms with Gasteiger partial charge in [0.2, 0.25) is 0 Å². The molecule has 2 fully saturated rings. The predicted molar refractivity (Wildman–Crippen MR) is 125 cm³/mol. The number of hydrogen-bond acceptors (Lipinski definition) is 3. The van der Waals surface area contributed by atoms with Crippen LogP contribution in [-0.4, -0.2) is 28.5 Å². The normalized spacial score (nSPS) is 34.3. The van der Waals surface area contributed by atoms with Gasteiger partial charge in [0.1, 0.15) is 5.60 Å². The molecule has 0 spiro atoms. The van der Waals surface area contributed by atoms with Crippen LogP contribution in [0.3, 0.4) is 0 Å². The van der Waals surface area contributed by atoms with Crippen molar-refractivity contribution in [2.75, 3.05) is 0 Å². The third-order valence-corrected chi connectivity index (χ3v) is 9.02. The van der Waals surface area contributed by atoms with Gasteiger partial charge in [-0.05, 0) is 80.1 Å². The van der Waals surface area contributed by atoms with Gasteiger partial charge in [-0.2, -0.15) is 13.2 Å². The number of halogens is 3. The van der Waals surface area contributed by atoms with E-state index in [0.717, 1.165) is 24.0 Å². The van der Waals surface area contributed by atoms with Gasteiger partial charge in [-0.15, -0.1) is 0 Å². The molecule has 0 amide bonds. The summed E-state index contributed by atoms with van der Waals surface area (Å²) in [6, 6.07) is 7.44. The van der Waals surface area contributed by atoms with E-state index in [9.17, 15) is 27.9 Å². The minimum atomic E-state index is -4.66. The number of rotatable bonds is 2. The highest BCUT2D eigenvalue weighted by Gasteiger charge is 2.62. The van der Waals surface area contributed by atoms with Crippen LogP contribution >= 0.6 is 0 Å². The number of benzene rings is 1. The quantitative estimate of drug-likeness (QED) is 0.410. The summed E-state index contributed by atoms with van der Waals surface area (Å²) in [7, 11) is 0. The average Bonchev–Trinajstić information content (AvgIpc) is 3.07. The predicted octanol–water partition coefficient (Wildman–Crippen LogP) is 6.09. The number of carbonyl (C=O) groups is 2. The maximum atomic E-state index is 13.0. The van der Waals surface area contributed by atoms with Gasteiger partial charge in [0.15, 0.2) is 11.6 Å². The molecule has 6 heteroatoms. The van der Waals surface area contributed by atoms with Gasteiger partial charge in [-0.3, -0.25) is 9.59 Å². The zero-order valence-electron chi connectivity index (χ0n) is 20.0. The van der Waals surface area contributed by atoms with E-state index in [2.05, 4.69) is 5.92 Å². The smallest absolute Gasteiger partial charge is 0.377 e. The van der Waals surface area contributed by atoms with Crippen molar-refractivity contribution in [1.82, 2.24) is 0 Å². The molecule has 35 heavy (non-hydrogen) atoms. The number of allylic oxidation sites excluding steroid dienone is 4. The highest BCUT2D eigenvalue weighted by atomic mass is 19.4. The number of aliphatic hydroxyl groups is 1. The summed E-state index contributed by atoms with van der Waals surface area (Å²) in [6.07, 6.45) is 1.14. The standard InChI is InChI=1S/C29H29F3O3/c1-17(33)18-3-5-19(6-4-18)24-16-27(2)25(11-12-28(27,35)13-14-29(30,31)32)23-9-7-20-15-21(34)8-10-22(20)26(23)24/h3-6,15,23-25,35H,7-12,16H2,1-2H3/t23?,24-,25?,27+,28-/m1/s1. The summed E-state index contributed by atoms with van der Waals surface area (Å²) >= 11 is 0. The molecule has 4 aliphatic rings. The summed E-state index contributed by atoms with van der Waals surface area (Å²) in [5.41, 5.74) is 2.64. The molecular formula is C29H29F3O3. The lowest BCUT2D eigenvalue weighted by atomic mass is 9.51. The lowest BCUT2D eigenvalue weighted by molar-refractivity contribution is -0.114. The van der Waals surface area contributed by atoms with Gasteiger partial charge in [-0.25, -0.2) is 0 Å². The van der Waals surface area contributed by atoms with Gasteiger partial charge >= 0.3 is 6.18 Å². The molecule has 1 aromatic carbocycles. The molecule has 1 aromatic rings. The van der Waals surface area contributed by atoms with Gasteiger partial charge in [0.05, 0.1) is 0 Å². The summed E-state index contributed by atoms with van der Waals surface area (Å²) in [5, 5.41) is 11.6. The fourth-order valence-electron chi connectivity index (χ4n) is 7.29. The molecule has 1 N–H and O–H groups in total. The first kappa shape index (κ1) is 24.1. The van der Waals surface area contributed by atoms with Crippen molar-refractivity contribution in [3.05, 3.63) is 58.2 Å². The van der Waals surface area contributed by atoms with Crippen LogP contribution in [0.15, 0.2) is 47.1 Å². The van der Waals surface area contributed by atoms with Crippen molar-refractivity contribution in [3.8, 4) is 11.8 Å². The van der Waals surface area contributed by atoms with Crippen molar-refractivity contribution in [1.29, 1.82) is 0 Å². The average molecular weight is 483 g/mol. The molecule has 5 rings (SSSR count). The Morgan fingerprint density at radius 1 is 1.11 bits per heavy atom. The van der Waals surface area contributed by atoms with Crippen molar-refractivity contribution in [2.24, 2.45) is 17.3 Å². The Labute approximate surface area is 203 Å². The first-order valence-electron chi connectivity index (χ1n) is 12.3. The molecule has 2 saturated carbocycles. The lowest BCUT2D eigenvalue weighted by Crippen LogP contribution is -2.51. The zero-order chi connectivity index (χ0) is 25.2. The number of fused-ring (bicyclic) bond motifs is 4. The fourth-order valence-corrected chi connectivity index (χ4v) is 7.29. The minimum absolute atomic E-state index is 0.0180. The van der Waals surface area contributed by atoms with Gasteiger partial charge in [0, 0.05) is 29.2 Å². The van der Waals surface area contributed by atoms with Crippen molar-refractivity contribution >= 4 is 11.6 Å². The maximum absolute atomic E-state index is 13.0. The molecular weight excluding hydrogens is 453 g/mol. The van der Waals surface area contributed by atoms with E-state index in [1.54, 1.807) is 18.2 Å². The molecule has 3 nitrogen and oxygen atoms in total. The van der Waals surface area contributed by atoms with Crippen LogP contribution in [0.25, 0.3) is 0 Å². The monoisotopic (exact) mass is 482 g/mol. The van der Waals surface area contributed by atoms with Crippen molar-refractivity contribution < 1.29 is 27.9 Å². The minimum Gasteiger partial charge on any atom is -0.377 e. The second-order valence-corrected chi connectivity index (χ2v) is 10.8. The van der Waals surface area contributed by atoms with Crippen molar-refractivity contribution in [2.45, 2.75) is 76.5 Å². The summed E-state index contributed by atoms with van der Waals surface area (Å²) in [4.78, 5) is 24.0. The van der Waals surface area contributed by atoms with Crippen LogP contribution in [0.1, 0.15) is 80.6 Å². The number of Topliss-reactive ketones (excluding diaryl/α,β-unsaturated/α-hetero) is 1. The summed E-state index contributed by atoms with van der Waals surface area (Å²) in [6.45, 7) is 3.42. The van der Waals surface area contributed by atoms with E-state index in [4.69, 9.17) is 0 Å². The SMILES string of the molecule is CC(=O)c1ccc([C@H]2C[C@@]3(C)C(CC[C@@]3(O)C#CC(F)(F)F)C3CCC4=CC(=O)CCC4=C32)cc1. The van der Waals surface area contributed by atoms with Crippen LogP contribution in [0.2, 0.25) is 0 Å². The molecule has 0 heterocycles. The van der Waals surface area contributed by atoms with E-state index in [-0.39, 0.29) is 35.7 Å².